The lowest BCUT2D eigenvalue weighted by Gasteiger charge is -2.05. The average molecular weight is 222 g/mol. The number of nitrogens with two attached hydrogens (primary N) is 1. The third-order valence-corrected chi connectivity index (χ3v) is 2.47. The van der Waals surface area contributed by atoms with Gasteiger partial charge in [0.25, 0.3) is 0 Å². The molecule has 0 bridgehead atoms. The Morgan fingerprint density at radius 3 is 2.44 bits per heavy atom. The van der Waals surface area contributed by atoms with E-state index in [0.717, 1.165) is 32.5 Å². The number of hydrogen-bond acceptors (Lipinski definition) is 3. The number of hydrogen-bond donors (Lipinski definition) is 2. The highest BCUT2D eigenvalue weighted by Gasteiger charge is 1.94. The maximum Gasteiger partial charge on any atom is 0.0713 e. The summed E-state index contributed by atoms with van der Waals surface area (Å²) in [5.41, 5.74) is 7.96. The van der Waals surface area contributed by atoms with Crippen LogP contribution in [0, 0.1) is 0 Å². The summed E-state index contributed by atoms with van der Waals surface area (Å²) in [6, 6.07) is 8.51. The Morgan fingerprint density at radius 1 is 1.12 bits per heavy atom. The molecule has 0 fully saturated rings. The van der Waals surface area contributed by atoms with Gasteiger partial charge in [-0.05, 0) is 37.1 Å². The van der Waals surface area contributed by atoms with E-state index in [-0.39, 0.29) is 0 Å². The highest BCUT2D eigenvalue weighted by Crippen LogP contribution is 2.05. The SMILES string of the molecule is COCc1ccc(CNCCCCN)cc1. The smallest absolute Gasteiger partial charge is 0.0713 e. The molecular weight excluding hydrogens is 200 g/mol. The van der Waals surface area contributed by atoms with Crippen molar-refractivity contribution in [3.63, 3.8) is 0 Å². The molecule has 3 nitrogen and oxygen atoms in total. The lowest BCUT2D eigenvalue weighted by Crippen LogP contribution is -2.15. The first-order chi connectivity index (χ1) is 7.86. The number of ether oxygens (including phenoxy) is 1. The van der Waals surface area contributed by atoms with E-state index in [1.54, 1.807) is 7.11 Å². The van der Waals surface area contributed by atoms with Crippen molar-refractivity contribution in [2.24, 2.45) is 5.73 Å². The van der Waals surface area contributed by atoms with E-state index in [4.69, 9.17) is 10.5 Å². The molecule has 0 radical (unpaired) electrons. The van der Waals surface area contributed by atoms with Crippen LogP contribution in [0.25, 0.3) is 0 Å². The fourth-order valence-electron chi connectivity index (χ4n) is 1.55. The number of benzene rings is 1. The Hall–Kier alpha value is -0.900. The first-order valence-corrected chi connectivity index (χ1v) is 5.84. The van der Waals surface area contributed by atoms with Crippen LogP contribution in [0.15, 0.2) is 24.3 Å². The van der Waals surface area contributed by atoms with Gasteiger partial charge in [-0.1, -0.05) is 24.3 Å². The Labute approximate surface area is 98.0 Å². The van der Waals surface area contributed by atoms with Crippen LogP contribution in [0.3, 0.4) is 0 Å². The van der Waals surface area contributed by atoms with Crippen molar-refractivity contribution in [3.05, 3.63) is 35.4 Å². The maximum absolute atomic E-state index is 5.43. The van der Waals surface area contributed by atoms with Gasteiger partial charge in [0.2, 0.25) is 0 Å². The summed E-state index contributed by atoms with van der Waals surface area (Å²) in [5, 5.41) is 3.40. The van der Waals surface area contributed by atoms with Gasteiger partial charge in [0.15, 0.2) is 0 Å². The molecule has 0 atom stereocenters. The summed E-state index contributed by atoms with van der Waals surface area (Å²) in [5.74, 6) is 0. The number of methoxy groups -OCH3 is 1. The summed E-state index contributed by atoms with van der Waals surface area (Å²) in [7, 11) is 1.72. The molecule has 1 rings (SSSR count). The molecule has 90 valence electrons. The molecule has 3 heteroatoms. The van der Waals surface area contributed by atoms with Crippen LogP contribution < -0.4 is 11.1 Å². The van der Waals surface area contributed by atoms with Crippen LogP contribution in [-0.2, 0) is 17.9 Å². The molecule has 0 saturated heterocycles. The molecule has 0 unspecified atom stereocenters. The van der Waals surface area contributed by atoms with Crippen LogP contribution in [0.1, 0.15) is 24.0 Å². The maximum atomic E-state index is 5.43. The summed E-state index contributed by atoms with van der Waals surface area (Å²) in [6.45, 7) is 3.44. The normalized spacial score (nSPS) is 10.6. The monoisotopic (exact) mass is 222 g/mol. The lowest BCUT2D eigenvalue weighted by atomic mass is 10.1. The zero-order valence-electron chi connectivity index (χ0n) is 10.0. The van der Waals surface area contributed by atoms with Gasteiger partial charge in [-0.2, -0.15) is 0 Å². The van der Waals surface area contributed by atoms with Gasteiger partial charge in [0, 0.05) is 13.7 Å². The van der Waals surface area contributed by atoms with Crippen molar-refractivity contribution in [1.29, 1.82) is 0 Å². The van der Waals surface area contributed by atoms with Gasteiger partial charge in [-0.3, -0.25) is 0 Å². The molecule has 1 aromatic rings. The quantitative estimate of drug-likeness (QED) is 0.658. The second-order valence-electron chi connectivity index (χ2n) is 3.92. The van der Waals surface area contributed by atoms with Crippen LogP contribution in [0.5, 0.6) is 0 Å². The first kappa shape index (κ1) is 13.2. The Balaban J connectivity index is 2.21. The van der Waals surface area contributed by atoms with E-state index in [9.17, 15) is 0 Å². The van der Waals surface area contributed by atoms with E-state index in [1.807, 2.05) is 0 Å². The zero-order valence-corrected chi connectivity index (χ0v) is 10.0. The van der Waals surface area contributed by atoms with Gasteiger partial charge in [0.1, 0.15) is 0 Å². The lowest BCUT2D eigenvalue weighted by molar-refractivity contribution is 0.185. The van der Waals surface area contributed by atoms with Crippen LogP contribution in [-0.4, -0.2) is 20.2 Å². The number of nitrogens with one attached hydrogen (secondary N) is 1. The van der Waals surface area contributed by atoms with E-state index >= 15 is 0 Å². The minimum atomic E-state index is 0.685. The molecule has 0 aromatic heterocycles. The molecule has 1 aromatic carbocycles. The van der Waals surface area contributed by atoms with E-state index in [0.29, 0.717) is 6.61 Å². The average Bonchev–Trinajstić information content (AvgIpc) is 2.31. The highest BCUT2D eigenvalue weighted by atomic mass is 16.5. The minimum Gasteiger partial charge on any atom is -0.380 e. The van der Waals surface area contributed by atoms with Crippen molar-refractivity contribution in [2.75, 3.05) is 20.2 Å². The Morgan fingerprint density at radius 2 is 1.81 bits per heavy atom. The van der Waals surface area contributed by atoms with Gasteiger partial charge in [0.05, 0.1) is 6.61 Å². The van der Waals surface area contributed by atoms with Crippen molar-refractivity contribution in [2.45, 2.75) is 26.0 Å². The predicted octanol–water partition coefficient (Wildman–Crippen LogP) is 1.66. The third kappa shape index (κ3) is 5.26. The fourth-order valence-corrected chi connectivity index (χ4v) is 1.55. The molecular formula is C13H22N2O. The number of unbranched alkanes of at least 4 members (excludes halogenated alkanes) is 1. The molecule has 16 heavy (non-hydrogen) atoms. The topological polar surface area (TPSA) is 47.3 Å². The van der Waals surface area contributed by atoms with Crippen molar-refractivity contribution in [3.8, 4) is 0 Å². The molecule has 0 aliphatic rings. The minimum absolute atomic E-state index is 0.685. The second-order valence-corrected chi connectivity index (χ2v) is 3.92. The largest absolute Gasteiger partial charge is 0.380 e. The summed E-state index contributed by atoms with van der Waals surface area (Å²) >= 11 is 0. The second kappa shape index (κ2) is 8.28. The van der Waals surface area contributed by atoms with Gasteiger partial charge in [-0.25, -0.2) is 0 Å². The molecule has 0 saturated carbocycles. The van der Waals surface area contributed by atoms with Gasteiger partial charge >= 0.3 is 0 Å². The van der Waals surface area contributed by atoms with Gasteiger partial charge < -0.3 is 15.8 Å². The standard InChI is InChI=1S/C13H22N2O/c1-16-11-13-6-4-12(5-7-13)10-15-9-3-2-8-14/h4-7,15H,2-3,8-11,14H2,1H3. The van der Waals surface area contributed by atoms with Crippen LogP contribution >= 0.6 is 0 Å². The zero-order chi connectivity index (χ0) is 11.6. The Bertz CT molecular complexity index is 272. The van der Waals surface area contributed by atoms with E-state index in [1.165, 1.54) is 11.1 Å². The molecule has 0 amide bonds. The van der Waals surface area contributed by atoms with Crippen LogP contribution in [0.2, 0.25) is 0 Å². The Kier molecular flexibility index (Phi) is 6.81. The molecule has 0 spiro atoms. The summed E-state index contributed by atoms with van der Waals surface area (Å²) in [4.78, 5) is 0. The summed E-state index contributed by atoms with van der Waals surface area (Å²) < 4.78 is 5.07. The first-order valence-electron chi connectivity index (χ1n) is 5.84. The fraction of sp³-hybridized carbons (Fsp3) is 0.538. The molecule has 0 heterocycles. The highest BCUT2D eigenvalue weighted by molar-refractivity contribution is 5.21. The number of rotatable bonds is 8. The van der Waals surface area contributed by atoms with Crippen molar-refractivity contribution >= 4 is 0 Å². The van der Waals surface area contributed by atoms with Crippen molar-refractivity contribution in [1.82, 2.24) is 5.32 Å². The summed E-state index contributed by atoms with van der Waals surface area (Å²) in [6.07, 6.45) is 2.25. The van der Waals surface area contributed by atoms with E-state index in [2.05, 4.69) is 29.6 Å². The van der Waals surface area contributed by atoms with Crippen LogP contribution in [0.4, 0.5) is 0 Å². The van der Waals surface area contributed by atoms with Gasteiger partial charge in [-0.15, -0.1) is 0 Å². The predicted molar refractivity (Wildman–Crippen MR) is 67.2 cm³/mol. The van der Waals surface area contributed by atoms with Crippen molar-refractivity contribution < 1.29 is 4.74 Å². The van der Waals surface area contributed by atoms with E-state index < -0.39 is 0 Å². The third-order valence-electron chi connectivity index (χ3n) is 2.47. The molecule has 0 aliphatic heterocycles. The molecule has 0 aliphatic carbocycles. The molecule has 3 N–H and O–H groups in total.